The van der Waals surface area contributed by atoms with Gasteiger partial charge in [-0.3, -0.25) is 9.79 Å². The highest BCUT2D eigenvalue weighted by Gasteiger charge is 2.10. The maximum atomic E-state index is 11.0. The molecule has 1 aliphatic rings. The number of esters is 1. The van der Waals surface area contributed by atoms with E-state index >= 15 is 0 Å². The third-order valence-corrected chi connectivity index (χ3v) is 2.85. The quantitative estimate of drug-likeness (QED) is 0.333. The van der Waals surface area contributed by atoms with Crippen LogP contribution in [0, 0.1) is 0 Å². The van der Waals surface area contributed by atoms with E-state index in [1.807, 2.05) is 18.2 Å². The molecule has 0 atom stereocenters. The van der Waals surface area contributed by atoms with Gasteiger partial charge in [0.1, 0.15) is 0 Å². The number of nitrogens with zero attached hydrogens (tertiary/aromatic N) is 1. The Morgan fingerprint density at radius 3 is 2.82 bits per heavy atom. The molecule has 1 aliphatic heterocycles. The molecule has 0 amide bonds. The van der Waals surface area contributed by atoms with Crippen LogP contribution in [0.25, 0.3) is 0 Å². The van der Waals surface area contributed by atoms with Crippen LogP contribution in [0.2, 0.25) is 0 Å². The van der Waals surface area contributed by atoms with Gasteiger partial charge in [-0.1, -0.05) is 0 Å². The zero-order valence-corrected chi connectivity index (χ0v) is 14.7. The molecule has 1 heterocycles. The fraction of sp³-hybridized carbons (Fsp3) is 0.429. The monoisotopic (exact) mass is 421 g/mol. The van der Waals surface area contributed by atoms with E-state index in [0.29, 0.717) is 19.0 Å². The molecule has 122 valence electrons. The smallest absolute Gasteiger partial charge is 0.307 e. The molecule has 0 unspecified atom stereocenters. The van der Waals surface area contributed by atoms with Crippen molar-refractivity contribution in [3.63, 3.8) is 0 Å². The van der Waals surface area contributed by atoms with Crippen LogP contribution < -0.4 is 20.5 Å². The average molecular weight is 421 g/mol. The van der Waals surface area contributed by atoms with Gasteiger partial charge in [0.15, 0.2) is 17.5 Å². The number of carbonyl (C=O) groups is 1. The highest BCUT2D eigenvalue weighted by atomic mass is 127. The molecule has 3 N–H and O–H groups in total. The number of methoxy groups -OCH3 is 1. The summed E-state index contributed by atoms with van der Waals surface area (Å²) in [7, 11) is 1.34. The summed E-state index contributed by atoms with van der Waals surface area (Å²) in [6, 6.07) is 5.46. The van der Waals surface area contributed by atoms with Crippen LogP contribution in [0.15, 0.2) is 23.2 Å². The number of rotatable bonds is 4. The van der Waals surface area contributed by atoms with Gasteiger partial charge in [-0.15, -0.1) is 24.0 Å². The number of hydrogen-bond donors (Lipinski definition) is 2. The van der Waals surface area contributed by atoms with Gasteiger partial charge in [0.25, 0.3) is 0 Å². The van der Waals surface area contributed by atoms with Gasteiger partial charge in [0.05, 0.1) is 33.3 Å². The molecular formula is C14H20IN3O4. The third-order valence-electron chi connectivity index (χ3n) is 2.85. The summed E-state index contributed by atoms with van der Waals surface area (Å²) in [5.74, 6) is 1.31. The van der Waals surface area contributed by atoms with E-state index in [2.05, 4.69) is 15.0 Å². The molecule has 0 spiro atoms. The highest BCUT2D eigenvalue weighted by molar-refractivity contribution is 14.0. The van der Waals surface area contributed by atoms with Crippen molar-refractivity contribution in [2.45, 2.75) is 12.8 Å². The van der Waals surface area contributed by atoms with Crippen molar-refractivity contribution < 1.29 is 19.0 Å². The summed E-state index contributed by atoms with van der Waals surface area (Å²) < 4.78 is 15.7. The zero-order chi connectivity index (χ0) is 15.1. The van der Waals surface area contributed by atoms with Crippen LogP contribution in [0.1, 0.15) is 12.8 Å². The Kier molecular flexibility index (Phi) is 7.78. The van der Waals surface area contributed by atoms with Crippen LogP contribution in [-0.2, 0) is 9.53 Å². The molecule has 0 radical (unpaired) electrons. The number of aliphatic imine (C=N–C) groups is 1. The molecule has 8 heteroatoms. The van der Waals surface area contributed by atoms with Gasteiger partial charge in [0.2, 0.25) is 0 Å². The first kappa shape index (κ1) is 18.3. The number of halogens is 1. The van der Waals surface area contributed by atoms with Gasteiger partial charge < -0.3 is 25.3 Å². The average Bonchev–Trinajstić information content (AvgIpc) is 2.71. The lowest BCUT2D eigenvalue weighted by Crippen LogP contribution is -2.23. The highest BCUT2D eigenvalue weighted by Crippen LogP contribution is 2.32. The molecule has 22 heavy (non-hydrogen) atoms. The predicted molar refractivity (Wildman–Crippen MR) is 94.2 cm³/mol. The van der Waals surface area contributed by atoms with Gasteiger partial charge in [0, 0.05) is 18.2 Å². The van der Waals surface area contributed by atoms with Crippen LogP contribution in [0.3, 0.4) is 0 Å². The second-order valence-electron chi connectivity index (χ2n) is 4.43. The number of fused-ring (bicyclic) bond motifs is 1. The molecule has 0 saturated heterocycles. The summed E-state index contributed by atoms with van der Waals surface area (Å²) in [5.41, 5.74) is 6.50. The number of nitrogens with two attached hydrogens (primary N) is 1. The fourth-order valence-electron chi connectivity index (χ4n) is 1.80. The Balaban J connectivity index is 0.00000242. The SMILES string of the molecule is COC(=O)CCN=C(N)Nc1ccc2c(c1)OCCCO2.I. The number of guanidine groups is 1. The summed E-state index contributed by atoms with van der Waals surface area (Å²) >= 11 is 0. The molecular weight excluding hydrogens is 401 g/mol. The number of benzene rings is 1. The van der Waals surface area contributed by atoms with Crippen LogP contribution in [0.5, 0.6) is 11.5 Å². The lowest BCUT2D eigenvalue weighted by molar-refractivity contribution is -0.140. The maximum Gasteiger partial charge on any atom is 0.307 e. The van der Waals surface area contributed by atoms with Crippen molar-refractivity contribution in [1.29, 1.82) is 0 Å². The molecule has 0 aromatic heterocycles. The number of nitrogens with one attached hydrogen (secondary N) is 1. The van der Waals surface area contributed by atoms with Crippen molar-refractivity contribution >= 4 is 41.6 Å². The first-order valence-corrected chi connectivity index (χ1v) is 6.72. The van der Waals surface area contributed by atoms with E-state index < -0.39 is 0 Å². The Morgan fingerprint density at radius 2 is 2.09 bits per heavy atom. The Morgan fingerprint density at radius 1 is 1.36 bits per heavy atom. The number of ether oxygens (including phenoxy) is 3. The second-order valence-corrected chi connectivity index (χ2v) is 4.43. The molecule has 1 aromatic carbocycles. The minimum atomic E-state index is -0.317. The summed E-state index contributed by atoms with van der Waals surface area (Å²) in [6.07, 6.45) is 1.05. The predicted octanol–water partition coefficient (Wildman–Crippen LogP) is 1.76. The van der Waals surface area contributed by atoms with E-state index in [4.69, 9.17) is 15.2 Å². The van der Waals surface area contributed by atoms with Gasteiger partial charge in [-0.05, 0) is 12.1 Å². The van der Waals surface area contributed by atoms with Crippen molar-refractivity contribution in [2.75, 3.05) is 32.2 Å². The number of anilines is 1. The zero-order valence-electron chi connectivity index (χ0n) is 12.3. The molecule has 7 nitrogen and oxygen atoms in total. The van der Waals surface area contributed by atoms with E-state index in [-0.39, 0.29) is 48.9 Å². The fourth-order valence-corrected chi connectivity index (χ4v) is 1.80. The van der Waals surface area contributed by atoms with Gasteiger partial charge >= 0.3 is 5.97 Å². The van der Waals surface area contributed by atoms with E-state index in [9.17, 15) is 4.79 Å². The normalized spacial score (nSPS) is 13.6. The Hall–Kier alpha value is -1.71. The Labute approximate surface area is 146 Å². The largest absolute Gasteiger partial charge is 0.490 e. The first-order chi connectivity index (χ1) is 10.2. The summed E-state index contributed by atoms with van der Waals surface area (Å²) in [6.45, 7) is 1.55. The van der Waals surface area contributed by atoms with Crippen LogP contribution >= 0.6 is 24.0 Å². The molecule has 1 aromatic rings. The first-order valence-electron chi connectivity index (χ1n) is 6.72. The molecule has 0 aliphatic carbocycles. The van der Waals surface area contributed by atoms with Crippen molar-refractivity contribution in [1.82, 2.24) is 0 Å². The van der Waals surface area contributed by atoms with Crippen molar-refractivity contribution in [2.24, 2.45) is 10.7 Å². The standard InChI is InChI=1S/C14H19N3O4.HI/c1-19-13(18)5-6-16-14(15)17-10-3-4-11-12(9-10)21-8-2-7-20-11;/h3-4,9H,2,5-8H2,1H3,(H3,15,16,17);1H. The van der Waals surface area contributed by atoms with E-state index in [1.54, 1.807) is 0 Å². The lowest BCUT2D eigenvalue weighted by atomic mass is 10.3. The van der Waals surface area contributed by atoms with Gasteiger partial charge in [-0.25, -0.2) is 0 Å². The van der Waals surface area contributed by atoms with E-state index in [0.717, 1.165) is 17.9 Å². The minimum Gasteiger partial charge on any atom is -0.490 e. The Bertz CT molecular complexity index is 537. The lowest BCUT2D eigenvalue weighted by Gasteiger charge is -2.10. The van der Waals surface area contributed by atoms with Gasteiger partial charge in [-0.2, -0.15) is 0 Å². The van der Waals surface area contributed by atoms with Crippen molar-refractivity contribution in [3.05, 3.63) is 18.2 Å². The van der Waals surface area contributed by atoms with Crippen molar-refractivity contribution in [3.8, 4) is 11.5 Å². The topological polar surface area (TPSA) is 95.2 Å². The third kappa shape index (κ3) is 5.58. The summed E-state index contributed by atoms with van der Waals surface area (Å²) in [5, 5.41) is 2.94. The number of carbonyl (C=O) groups excluding carboxylic acids is 1. The molecule has 2 rings (SSSR count). The second kappa shape index (κ2) is 9.34. The molecule has 0 bridgehead atoms. The minimum absolute atomic E-state index is 0. The van der Waals surface area contributed by atoms with Crippen LogP contribution in [-0.4, -0.2) is 38.8 Å². The van der Waals surface area contributed by atoms with Crippen LogP contribution in [0.4, 0.5) is 5.69 Å². The molecule has 0 fully saturated rings. The van der Waals surface area contributed by atoms with E-state index in [1.165, 1.54) is 7.11 Å². The maximum absolute atomic E-state index is 11.0. The summed E-state index contributed by atoms with van der Waals surface area (Å²) in [4.78, 5) is 15.0. The molecule has 0 saturated carbocycles. The number of hydrogen-bond acceptors (Lipinski definition) is 5.